The second kappa shape index (κ2) is 16.7. The number of anilines is 1. The number of methoxy groups -OCH3 is 5. The van der Waals surface area contributed by atoms with Gasteiger partial charge in [0.05, 0.1) is 53.3 Å². The van der Waals surface area contributed by atoms with E-state index in [0.717, 1.165) is 16.7 Å². The minimum absolute atomic E-state index is 0.0494. The van der Waals surface area contributed by atoms with Gasteiger partial charge in [0.25, 0.3) is 0 Å². The van der Waals surface area contributed by atoms with Gasteiger partial charge < -0.3 is 39.6 Å². The van der Waals surface area contributed by atoms with Crippen LogP contribution >= 0.6 is 0 Å². The number of rotatable bonds is 14. The van der Waals surface area contributed by atoms with E-state index in [2.05, 4.69) is 16.0 Å². The van der Waals surface area contributed by atoms with Crippen LogP contribution in [0, 0.1) is 11.8 Å². The fourth-order valence-electron chi connectivity index (χ4n) is 6.65. The van der Waals surface area contributed by atoms with E-state index in [9.17, 15) is 14.4 Å². The first-order valence-corrected chi connectivity index (χ1v) is 16.9. The standard InChI is InChI=1S/C39H51N3O8/c1-21(2)17-30(39(45)42-36(22(3)4)25-12-16-32(46-6)33(19-25)47-7)41-29-15-13-26-27(20-31(29)44)28(40-23(5)43)14-11-24-18-34(48-8)37(49-9)38(50-10)35(24)26/h12-13,15-16,18-22,28,30,36H,11,14,17H2,1-10H3,(H,40,43)(H,41,44)(H,42,45)/t28-,30-,36+/m0/s1. The molecule has 270 valence electrons. The molecule has 3 atom stereocenters. The van der Waals surface area contributed by atoms with E-state index >= 15 is 0 Å². The molecule has 1 aliphatic carbocycles. The maximum absolute atomic E-state index is 14.1. The molecule has 0 heterocycles. The highest BCUT2D eigenvalue weighted by Crippen LogP contribution is 2.50. The molecule has 3 aromatic carbocycles. The first-order valence-electron chi connectivity index (χ1n) is 16.9. The summed E-state index contributed by atoms with van der Waals surface area (Å²) in [6.45, 7) is 9.60. The monoisotopic (exact) mass is 689 g/mol. The van der Waals surface area contributed by atoms with Crippen LogP contribution in [0.15, 0.2) is 47.3 Å². The Morgan fingerprint density at radius 2 is 1.50 bits per heavy atom. The summed E-state index contributed by atoms with van der Waals surface area (Å²) in [5.41, 5.74) is 3.84. The van der Waals surface area contributed by atoms with Gasteiger partial charge in [0, 0.05) is 12.5 Å². The number of fused-ring (bicyclic) bond motifs is 3. The molecule has 1 aliphatic rings. The molecule has 0 bridgehead atoms. The van der Waals surface area contributed by atoms with Crippen molar-refractivity contribution in [3.8, 4) is 39.9 Å². The normalized spacial score (nSPS) is 14.8. The molecule has 11 heteroatoms. The van der Waals surface area contributed by atoms with Gasteiger partial charge in [-0.1, -0.05) is 39.8 Å². The van der Waals surface area contributed by atoms with Crippen LogP contribution in [0.5, 0.6) is 28.7 Å². The molecule has 3 N–H and O–H groups in total. The number of hydrogen-bond acceptors (Lipinski definition) is 9. The second-order valence-electron chi connectivity index (χ2n) is 13.3. The zero-order valence-corrected chi connectivity index (χ0v) is 30.8. The summed E-state index contributed by atoms with van der Waals surface area (Å²) >= 11 is 0. The van der Waals surface area contributed by atoms with E-state index in [1.165, 1.54) is 6.92 Å². The Labute approximate surface area is 295 Å². The van der Waals surface area contributed by atoms with E-state index in [-0.39, 0.29) is 40.8 Å². The molecule has 0 fully saturated rings. The smallest absolute Gasteiger partial charge is 0.242 e. The minimum atomic E-state index is -0.719. The lowest BCUT2D eigenvalue weighted by molar-refractivity contribution is -0.123. The van der Waals surface area contributed by atoms with Crippen LogP contribution in [-0.2, 0) is 16.0 Å². The first kappa shape index (κ1) is 37.9. The summed E-state index contributed by atoms with van der Waals surface area (Å²) in [5, 5.41) is 9.55. The van der Waals surface area contributed by atoms with Gasteiger partial charge in [-0.25, -0.2) is 0 Å². The van der Waals surface area contributed by atoms with Crippen molar-refractivity contribution in [2.24, 2.45) is 11.8 Å². The van der Waals surface area contributed by atoms with Gasteiger partial charge in [-0.3, -0.25) is 14.4 Å². The molecule has 50 heavy (non-hydrogen) atoms. The van der Waals surface area contributed by atoms with Crippen molar-refractivity contribution < 1.29 is 33.3 Å². The fraction of sp³-hybridized carbons (Fsp3) is 0.462. The Bertz CT molecular complexity index is 1760. The van der Waals surface area contributed by atoms with Crippen molar-refractivity contribution in [3.63, 3.8) is 0 Å². The van der Waals surface area contributed by atoms with Crippen LogP contribution in [0.25, 0.3) is 11.1 Å². The molecule has 0 saturated carbocycles. The summed E-state index contributed by atoms with van der Waals surface area (Å²) < 4.78 is 28.2. The van der Waals surface area contributed by atoms with E-state index < -0.39 is 12.1 Å². The van der Waals surface area contributed by atoms with Gasteiger partial charge in [-0.15, -0.1) is 0 Å². The highest BCUT2D eigenvalue weighted by atomic mass is 16.5. The third kappa shape index (κ3) is 8.26. The second-order valence-corrected chi connectivity index (χ2v) is 13.3. The molecule has 3 aromatic rings. The Morgan fingerprint density at radius 3 is 2.08 bits per heavy atom. The topological polar surface area (TPSA) is 133 Å². The Balaban J connectivity index is 1.81. The lowest BCUT2D eigenvalue weighted by Gasteiger charge is -2.27. The molecule has 11 nitrogen and oxygen atoms in total. The van der Waals surface area contributed by atoms with Gasteiger partial charge in [-0.05, 0) is 83.7 Å². The molecular formula is C39H51N3O8. The molecule has 0 aromatic heterocycles. The SMILES string of the molecule is COc1ccc([C@H](NC(=O)[C@H](CC(C)C)Nc2ccc3c(cc2=O)[C@@H](NC(C)=O)CCc2cc(OC)c(OC)c(OC)c2-3)C(C)C)cc1OC. The lowest BCUT2D eigenvalue weighted by atomic mass is 9.94. The van der Waals surface area contributed by atoms with Crippen LogP contribution in [0.4, 0.5) is 5.69 Å². The van der Waals surface area contributed by atoms with Crippen molar-refractivity contribution in [2.75, 3.05) is 40.9 Å². The predicted octanol–water partition coefficient (Wildman–Crippen LogP) is 6.22. The van der Waals surface area contributed by atoms with Gasteiger partial charge in [0.15, 0.2) is 23.0 Å². The molecular weight excluding hydrogens is 638 g/mol. The number of aryl methyl sites for hydroxylation is 1. The zero-order valence-electron chi connectivity index (χ0n) is 30.8. The van der Waals surface area contributed by atoms with Gasteiger partial charge >= 0.3 is 0 Å². The summed E-state index contributed by atoms with van der Waals surface area (Å²) in [5.74, 6) is 2.32. The van der Waals surface area contributed by atoms with Crippen molar-refractivity contribution in [3.05, 3.63) is 69.4 Å². The lowest BCUT2D eigenvalue weighted by Crippen LogP contribution is -2.44. The molecule has 0 radical (unpaired) electrons. The van der Waals surface area contributed by atoms with Gasteiger partial charge in [0.1, 0.15) is 6.04 Å². The predicted molar refractivity (Wildman–Crippen MR) is 195 cm³/mol. The van der Waals surface area contributed by atoms with E-state index in [0.29, 0.717) is 59.1 Å². The average molecular weight is 690 g/mol. The van der Waals surface area contributed by atoms with E-state index in [1.54, 1.807) is 47.7 Å². The Morgan fingerprint density at radius 1 is 0.820 bits per heavy atom. The fourth-order valence-corrected chi connectivity index (χ4v) is 6.65. The molecule has 0 unspecified atom stereocenters. The molecule has 0 saturated heterocycles. The largest absolute Gasteiger partial charge is 0.493 e. The number of carbonyl (C=O) groups is 2. The maximum Gasteiger partial charge on any atom is 0.242 e. The summed E-state index contributed by atoms with van der Waals surface area (Å²) in [6.07, 6.45) is 1.60. The number of carbonyl (C=O) groups excluding carboxylic acids is 2. The van der Waals surface area contributed by atoms with Crippen LogP contribution in [0.3, 0.4) is 0 Å². The van der Waals surface area contributed by atoms with Crippen LogP contribution < -0.4 is 45.1 Å². The minimum Gasteiger partial charge on any atom is -0.493 e. The number of benzene rings is 2. The average Bonchev–Trinajstić information content (AvgIpc) is 3.33. The highest BCUT2D eigenvalue weighted by Gasteiger charge is 2.31. The van der Waals surface area contributed by atoms with Crippen LogP contribution in [0.2, 0.25) is 0 Å². The molecule has 0 spiro atoms. The third-order valence-electron chi connectivity index (χ3n) is 9.00. The quantitative estimate of drug-likeness (QED) is 0.180. The number of ether oxygens (including phenoxy) is 5. The molecule has 2 amide bonds. The highest BCUT2D eigenvalue weighted by molar-refractivity contribution is 5.86. The third-order valence-corrected chi connectivity index (χ3v) is 9.00. The van der Waals surface area contributed by atoms with E-state index in [4.69, 9.17) is 23.7 Å². The Hall–Kier alpha value is -4.93. The van der Waals surface area contributed by atoms with Gasteiger partial charge in [0.2, 0.25) is 23.0 Å². The van der Waals surface area contributed by atoms with E-state index in [1.807, 2.05) is 58.0 Å². The maximum atomic E-state index is 14.1. The number of nitrogens with one attached hydrogen (secondary N) is 3. The Kier molecular flexibility index (Phi) is 12.6. The van der Waals surface area contributed by atoms with Crippen molar-refractivity contribution >= 4 is 17.5 Å². The number of hydrogen-bond donors (Lipinski definition) is 3. The van der Waals surface area contributed by atoms with Crippen molar-refractivity contribution in [2.45, 2.75) is 72.0 Å². The van der Waals surface area contributed by atoms with Crippen molar-refractivity contribution in [1.82, 2.24) is 10.6 Å². The van der Waals surface area contributed by atoms with Crippen LogP contribution in [0.1, 0.15) is 76.2 Å². The van der Waals surface area contributed by atoms with Crippen LogP contribution in [-0.4, -0.2) is 53.4 Å². The summed E-state index contributed by atoms with van der Waals surface area (Å²) in [4.78, 5) is 40.5. The zero-order chi connectivity index (χ0) is 36.7. The first-order chi connectivity index (χ1) is 23.9. The summed E-state index contributed by atoms with van der Waals surface area (Å²) in [7, 11) is 7.83. The summed E-state index contributed by atoms with van der Waals surface area (Å²) in [6, 6.07) is 11.1. The number of amides is 2. The molecule has 0 aliphatic heterocycles. The van der Waals surface area contributed by atoms with Gasteiger partial charge in [-0.2, -0.15) is 0 Å². The molecule has 4 rings (SSSR count). The van der Waals surface area contributed by atoms with Crippen molar-refractivity contribution in [1.29, 1.82) is 0 Å².